The van der Waals surface area contributed by atoms with Crippen molar-refractivity contribution in [3.8, 4) is 0 Å². The number of imidazole rings is 1. The van der Waals surface area contributed by atoms with E-state index in [9.17, 15) is 8.42 Å². The molecule has 6 nitrogen and oxygen atoms in total. The Bertz CT molecular complexity index is 742. The van der Waals surface area contributed by atoms with Gasteiger partial charge in [-0.3, -0.25) is 0 Å². The van der Waals surface area contributed by atoms with Gasteiger partial charge in [-0.1, -0.05) is 6.07 Å². The van der Waals surface area contributed by atoms with Gasteiger partial charge in [0, 0.05) is 37.5 Å². The van der Waals surface area contributed by atoms with Gasteiger partial charge < -0.3 is 10.3 Å². The number of rotatable bonds is 5. The summed E-state index contributed by atoms with van der Waals surface area (Å²) < 4.78 is 28.9. The van der Waals surface area contributed by atoms with Crippen molar-refractivity contribution in [1.82, 2.24) is 13.9 Å². The first kappa shape index (κ1) is 16.2. The third-order valence-electron chi connectivity index (χ3n) is 3.20. The van der Waals surface area contributed by atoms with Crippen LogP contribution < -0.4 is 5.73 Å². The molecule has 0 saturated carbocycles. The summed E-state index contributed by atoms with van der Waals surface area (Å²) in [4.78, 5) is 4.35. The first-order valence-corrected chi connectivity index (χ1v) is 8.50. The highest BCUT2D eigenvalue weighted by Crippen LogP contribution is 2.26. The number of hydrogen-bond donors (Lipinski definition) is 1. The average Bonchev–Trinajstić information content (AvgIpc) is 2.84. The molecule has 1 heterocycles. The molecule has 0 fully saturated rings. The van der Waals surface area contributed by atoms with Crippen molar-refractivity contribution in [2.24, 2.45) is 12.8 Å². The molecule has 0 bridgehead atoms. The highest BCUT2D eigenvalue weighted by molar-refractivity contribution is 9.10. The highest BCUT2D eigenvalue weighted by atomic mass is 79.9. The lowest BCUT2D eigenvalue weighted by molar-refractivity contribution is 0.451. The Morgan fingerprint density at radius 1 is 1.43 bits per heavy atom. The van der Waals surface area contributed by atoms with E-state index in [1.807, 2.05) is 7.05 Å². The lowest BCUT2D eigenvalue weighted by Crippen LogP contribution is -2.28. The molecule has 0 spiro atoms. The van der Waals surface area contributed by atoms with Crippen LogP contribution in [0.1, 0.15) is 11.4 Å². The second kappa shape index (κ2) is 6.27. The molecule has 0 aliphatic rings. The Kier molecular flexibility index (Phi) is 4.82. The SMILES string of the molecule is CN(Cc1nccn1C)S(=O)(=O)c1cc(CN)ccc1Br. The molecule has 2 N–H and O–H groups in total. The molecule has 0 aliphatic carbocycles. The van der Waals surface area contributed by atoms with Crippen LogP contribution in [0.15, 0.2) is 40.0 Å². The van der Waals surface area contributed by atoms with E-state index >= 15 is 0 Å². The molecular formula is C13H17BrN4O2S. The van der Waals surface area contributed by atoms with Crippen molar-refractivity contribution in [3.05, 3.63) is 46.5 Å². The van der Waals surface area contributed by atoms with Crippen LogP contribution in [0, 0.1) is 0 Å². The predicted molar refractivity (Wildman–Crippen MR) is 83.9 cm³/mol. The number of sulfonamides is 1. The largest absolute Gasteiger partial charge is 0.337 e. The molecule has 0 unspecified atom stereocenters. The Hall–Kier alpha value is -1.22. The van der Waals surface area contributed by atoms with Gasteiger partial charge in [-0.25, -0.2) is 13.4 Å². The van der Waals surface area contributed by atoms with Crippen molar-refractivity contribution in [1.29, 1.82) is 0 Å². The van der Waals surface area contributed by atoms with Gasteiger partial charge in [-0.2, -0.15) is 4.31 Å². The van der Waals surface area contributed by atoms with Gasteiger partial charge in [0.05, 0.1) is 11.4 Å². The van der Waals surface area contributed by atoms with Gasteiger partial charge in [-0.15, -0.1) is 0 Å². The fourth-order valence-electron chi connectivity index (χ4n) is 1.87. The summed E-state index contributed by atoms with van der Waals surface area (Å²) in [5, 5.41) is 0. The number of nitrogens with zero attached hydrogens (tertiary/aromatic N) is 3. The minimum absolute atomic E-state index is 0.200. The van der Waals surface area contributed by atoms with Crippen molar-refractivity contribution >= 4 is 26.0 Å². The zero-order valence-electron chi connectivity index (χ0n) is 11.8. The van der Waals surface area contributed by atoms with E-state index in [0.717, 1.165) is 5.56 Å². The molecule has 8 heteroatoms. The summed E-state index contributed by atoms with van der Waals surface area (Å²) in [6.07, 6.45) is 3.42. The van der Waals surface area contributed by atoms with E-state index in [-0.39, 0.29) is 11.4 Å². The topological polar surface area (TPSA) is 81.2 Å². The van der Waals surface area contributed by atoms with Gasteiger partial charge >= 0.3 is 0 Å². The lowest BCUT2D eigenvalue weighted by atomic mass is 10.2. The Balaban J connectivity index is 2.35. The summed E-state index contributed by atoms with van der Waals surface area (Å²) in [6, 6.07) is 5.08. The van der Waals surface area contributed by atoms with Crippen LogP contribution >= 0.6 is 15.9 Å². The number of benzene rings is 1. The number of aryl methyl sites for hydroxylation is 1. The molecule has 0 atom stereocenters. The molecule has 1 aromatic carbocycles. The minimum Gasteiger partial charge on any atom is -0.337 e. The second-order valence-electron chi connectivity index (χ2n) is 4.68. The average molecular weight is 373 g/mol. The molecule has 0 amide bonds. The fourth-order valence-corrected chi connectivity index (χ4v) is 3.97. The second-order valence-corrected chi connectivity index (χ2v) is 7.55. The summed E-state index contributed by atoms with van der Waals surface area (Å²) in [5.74, 6) is 0.673. The smallest absolute Gasteiger partial charge is 0.244 e. The summed E-state index contributed by atoms with van der Waals surface area (Å²) in [5.41, 5.74) is 6.35. The molecule has 114 valence electrons. The number of hydrogen-bond acceptors (Lipinski definition) is 4. The molecule has 21 heavy (non-hydrogen) atoms. The highest BCUT2D eigenvalue weighted by Gasteiger charge is 2.24. The Morgan fingerprint density at radius 2 is 2.14 bits per heavy atom. The Labute approximate surface area is 132 Å². The molecular weight excluding hydrogens is 356 g/mol. The molecule has 2 aromatic rings. The third kappa shape index (κ3) is 3.34. The first-order valence-electron chi connectivity index (χ1n) is 6.27. The number of aromatic nitrogens is 2. The maximum atomic E-state index is 12.7. The summed E-state index contributed by atoms with van der Waals surface area (Å²) in [6.45, 7) is 0.490. The van der Waals surface area contributed by atoms with E-state index in [1.54, 1.807) is 35.2 Å². The minimum atomic E-state index is -3.62. The van der Waals surface area contributed by atoms with Crippen LogP contribution in [0.3, 0.4) is 0 Å². The number of nitrogens with two attached hydrogens (primary N) is 1. The van der Waals surface area contributed by atoms with Crippen molar-refractivity contribution in [3.63, 3.8) is 0 Å². The normalized spacial score (nSPS) is 12.0. The van der Waals surface area contributed by atoms with E-state index in [4.69, 9.17) is 5.73 Å². The number of halogens is 1. The van der Waals surface area contributed by atoms with Gasteiger partial charge in [0.2, 0.25) is 10.0 Å². The van der Waals surface area contributed by atoms with Gasteiger partial charge in [0.1, 0.15) is 5.82 Å². The molecule has 0 radical (unpaired) electrons. The van der Waals surface area contributed by atoms with Crippen LogP contribution in [-0.2, 0) is 30.2 Å². The monoisotopic (exact) mass is 372 g/mol. The Morgan fingerprint density at radius 3 is 2.71 bits per heavy atom. The van der Waals surface area contributed by atoms with Crippen LogP contribution in [0.5, 0.6) is 0 Å². The van der Waals surface area contributed by atoms with Crippen molar-refractivity contribution in [2.45, 2.75) is 18.0 Å². The summed E-state index contributed by atoms with van der Waals surface area (Å²) >= 11 is 3.29. The standard InChI is InChI=1S/C13H17BrN4O2S/c1-17-6-5-16-13(17)9-18(2)21(19,20)12-7-10(8-15)3-4-11(12)14/h3-7H,8-9,15H2,1-2H3. The maximum Gasteiger partial charge on any atom is 0.244 e. The van der Waals surface area contributed by atoms with E-state index < -0.39 is 10.0 Å². The van der Waals surface area contributed by atoms with E-state index in [1.165, 1.54) is 11.4 Å². The quantitative estimate of drug-likeness (QED) is 0.861. The molecule has 0 saturated heterocycles. The van der Waals surface area contributed by atoms with E-state index in [2.05, 4.69) is 20.9 Å². The van der Waals surface area contributed by atoms with Crippen LogP contribution in [-0.4, -0.2) is 29.3 Å². The molecule has 0 aliphatic heterocycles. The zero-order chi connectivity index (χ0) is 15.6. The van der Waals surface area contributed by atoms with Crippen molar-refractivity contribution < 1.29 is 8.42 Å². The fraction of sp³-hybridized carbons (Fsp3) is 0.308. The van der Waals surface area contributed by atoms with Gasteiger partial charge in [-0.05, 0) is 33.6 Å². The molecule has 1 aromatic heterocycles. The third-order valence-corrected chi connectivity index (χ3v) is 6.00. The lowest BCUT2D eigenvalue weighted by Gasteiger charge is -2.18. The van der Waals surface area contributed by atoms with Gasteiger partial charge in [0.15, 0.2) is 0 Å². The van der Waals surface area contributed by atoms with Crippen molar-refractivity contribution in [2.75, 3.05) is 7.05 Å². The van der Waals surface area contributed by atoms with Gasteiger partial charge in [0.25, 0.3) is 0 Å². The zero-order valence-corrected chi connectivity index (χ0v) is 14.2. The molecule has 2 rings (SSSR count). The van der Waals surface area contributed by atoms with Crippen LogP contribution in [0.2, 0.25) is 0 Å². The van der Waals surface area contributed by atoms with E-state index in [0.29, 0.717) is 16.8 Å². The first-order chi connectivity index (χ1) is 9.86. The maximum absolute atomic E-state index is 12.7. The van der Waals surface area contributed by atoms with Crippen LogP contribution in [0.25, 0.3) is 0 Å². The predicted octanol–water partition coefficient (Wildman–Crippen LogP) is 1.46. The van der Waals surface area contributed by atoms with Crippen LogP contribution in [0.4, 0.5) is 0 Å². The summed E-state index contributed by atoms with van der Waals surface area (Å²) in [7, 11) is -0.257.